The second-order valence-corrected chi connectivity index (χ2v) is 4.81. The third-order valence-electron chi connectivity index (χ3n) is 3.21. The Bertz CT molecular complexity index is 444. The lowest BCUT2D eigenvalue weighted by molar-refractivity contribution is -0.137. The Hall–Kier alpha value is -1.43. The molecule has 1 aliphatic rings. The molecule has 0 unspecified atom stereocenters. The first-order valence-corrected chi connectivity index (χ1v) is 6.17. The Morgan fingerprint density at radius 3 is 2.63 bits per heavy atom. The highest BCUT2D eigenvalue weighted by Crippen LogP contribution is 2.35. The molecular weight excluding hydrogens is 257 g/mol. The average Bonchev–Trinajstić information content (AvgIpc) is 3.13. The quantitative estimate of drug-likeness (QED) is 0.839. The van der Waals surface area contributed by atoms with Gasteiger partial charge in [-0.3, -0.25) is 0 Å². The summed E-state index contributed by atoms with van der Waals surface area (Å²) in [5, 5.41) is 0. The van der Waals surface area contributed by atoms with Crippen molar-refractivity contribution in [1.29, 1.82) is 0 Å². The second kappa shape index (κ2) is 5.28. The topological polar surface area (TPSA) is 38.5 Å². The highest BCUT2D eigenvalue weighted by atomic mass is 19.4. The zero-order valence-corrected chi connectivity index (χ0v) is 10.7. The molecule has 3 nitrogen and oxygen atoms in total. The number of halogens is 3. The summed E-state index contributed by atoms with van der Waals surface area (Å²) >= 11 is 0. The summed E-state index contributed by atoms with van der Waals surface area (Å²) in [4.78, 5) is 2.15. The first-order chi connectivity index (χ1) is 8.88. The van der Waals surface area contributed by atoms with Gasteiger partial charge in [-0.15, -0.1) is 0 Å². The Morgan fingerprint density at radius 1 is 1.37 bits per heavy atom. The number of nitrogens with two attached hydrogens (primary N) is 1. The predicted octanol–water partition coefficient (Wildman–Crippen LogP) is 2.76. The van der Waals surface area contributed by atoms with Crippen LogP contribution in [0.3, 0.4) is 0 Å². The van der Waals surface area contributed by atoms with Gasteiger partial charge in [0.1, 0.15) is 12.4 Å². The largest absolute Gasteiger partial charge is 0.492 e. The summed E-state index contributed by atoms with van der Waals surface area (Å²) in [6.07, 6.45) is -2.07. The van der Waals surface area contributed by atoms with Crippen molar-refractivity contribution in [1.82, 2.24) is 4.90 Å². The van der Waals surface area contributed by atoms with E-state index in [1.165, 1.54) is 25.0 Å². The van der Waals surface area contributed by atoms with E-state index in [0.717, 1.165) is 6.07 Å². The van der Waals surface area contributed by atoms with Gasteiger partial charge < -0.3 is 15.4 Å². The molecule has 6 heteroatoms. The number of alkyl halides is 3. The van der Waals surface area contributed by atoms with Crippen molar-refractivity contribution in [3.8, 4) is 5.75 Å². The first kappa shape index (κ1) is 14.0. The molecule has 0 amide bonds. The van der Waals surface area contributed by atoms with E-state index in [-0.39, 0.29) is 11.4 Å². The number of hydrogen-bond donors (Lipinski definition) is 1. The molecule has 106 valence electrons. The van der Waals surface area contributed by atoms with Gasteiger partial charge in [-0.2, -0.15) is 13.2 Å². The molecule has 0 heterocycles. The molecular formula is C13H17F3N2O. The molecule has 2 rings (SSSR count). The van der Waals surface area contributed by atoms with Crippen LogP contribution in [0.1, 0.15) is 18.4 Å². The van der Waals surface area contributed by atoms with Crippen molar-refractivity contribution in [2.75, 3.05) is 25.9 Å². The Morgan fingerprint density at radius 2 is 2.05 bits per heavy atom. The normalized spacial score (nSPS) is 15.8. The van der Waals surface area contributed by atoms with E-state index in [1.54, 1.807) is 0 Å². The van der Waals surface area contributed by atoms with Crippen LogP contribution in [0, 0.1) is 0 Å². The standard InChI is InChI=1S/C13H17F3N2O/c1-18(9-2-3-9)6-7-19-10-4-5-12(17)11(8-10)13(14,15)16/h4-5,8-9H,2-3,6-7,17H2,1H3. The van der Waals surface area contributed by atoms with Crippen LogP contribution in [0.2, 0.25) is 0 Å². The molecule has 0 bridgehead atoms. The van der Waals surface area contributed by atoms with E-state index in [4.69, 9.17) is 10.5 Å². The minimum absolute atomic E-state index is 0.200. The van der Waals surface area contributed by atoms with Crippen molar-refractivity contribution in [2.24, 2.45) is 0 Å². The molecule has 0 radical (unpaired) electrons. The van der Waals surface area contributed by atoms with Gasteiger partial charge in [-0.25, -0.2) is 0 Å². The smallest absolute Gasteiger partial charge is 0.418 e. The van der Waals surface area contributed by atoms with E-state index >= 15 is 0 Å². The van der Waals surface area contributed by atoms with E-state index in [1.807, 2.05) is 7.05 Å². The second-order valence-electron chi connectivity index (χ2n) is 4.81. The number of nitrogens with zero attached hydrogens (tertiary/aromatic N) is 1. The maximum absolute atomic E-state index is 12.6. The summed E-state index contributed by atoms with van der Waals surface area (Å²) < 4.78 is 43.3. The van der Waals surface area contributed by atoms with Crippen LogP contribution in [-0.2, 0) is 6.18 Å². The summed E-state index contributed by atoms with van der Waals surface area (Å²) in [6.45, 7) is 1.07. The molecule has 0 saturated heterocycles. The van der Waals surface area contributed by atoms with Crippen molar-refractivity contribution in [2.45, 2.75) is 25.1 Å². The van der Waals surface area contributed by atoms with Crippen molar-refractivity contribution < 1.29 is 17.9 Å². The molecule has 2 N–H and O–H groups in total. The summed E-state index contributed by atoms with van der Waals surface area (Å²) in [7, 11) is 1.99. The molecule has 1 aromatic rings. The summed E-state index contributed by atoms with van der Waals surface area (Å²) in [5.41, 5.74) is 4.19. The highest BCUT2D eigenvalue weighted by molar-refractivity contribution is 5.51. The molecule has 1 saturated carbocycles. The maximum atomic E-state index is 12.6. The number of anilines is 1. The minimum Gasteiger partial charge on any atom is -0.492 e. The minimum atomic E-state index is -4.45. The number of hydrogen-bond acceptors (Lipinski definition) is 3. The Labute approximate surface area is 110 Å². The van der Waals surface area contributed by atoms with Gasteiger partial charge in [0, 0.05) is 18.3 Å². The maximum Gasteiger partial charge on any atom is 0.418 e. The number of likely N-dealkylation sites (N-methyl/N-ethyl adjacent to an activating group) is 1. The van der Waals surface area contributed by atoms with E-state index < -0.39 is 11.7 Å². The fraction of sp³-hybridized carbons (Fsp3) is 0.538. The first-order valence-electron chi connectivity index (χ1n) is 6.17. The van der Waals surface area contributed by atoms with Crippen LogP contribution in [0.4, 0.5) is 18.9 Å². The lowest BCUT2D eigenvalue weighted by Gasteiger charge is -2.17. The van der Waals surface area contributed by atoms with Crippen LogP contribution >= 0.6 is 0 Å². The van der Waals surface area contributed by atoms with Gasteiger partial charge in [-0.1, -0.05) is 0 Å². The lowest BCUT2D eigenvalue weighted by Crippen LogP contribution is -2.26. The van der Waals surface area contributed by atoms with Gasteiger partial charge in [0.25, 0.3) is 0 Å². The lowest BCUT2D eigenvalue weighted by atomic mass is 10.1. The number of nitrogen functional groups attached to an aromatic ring is 1. The van der Waals surface area contributed by atoms with Crippen LogP contribution < -0.4 is 10.5 Å². The van der Waals surface area contributed by atoms with Crippen molar-refractivity contribution in [3.05, 3.63) is 23.8 Å². The zero-order valence-electron chi connectivity index (χ0n) is 10.7. The summed E-state index contributed by atoms with van der Waals surface area (Å²) in [6, 6.07) is 4.25. The van der Waals surface area contributed by atoms with E-state index in [2.05, 4.69) is 4.90 Å². The van der Waals surface area contributed by atoms with Gasteiger partial charge in [-0.05, 0) is 38.1 Å². The monoisotopic (exact) mass is 274 g/mol. The van der Waals surface area contributed by atoms with Gasteiger partial charge in [0.2, 0.25) is 0 Å². The molecule has 1 aliphatic carbocycles. The molecule has 0 spiro atoms. The van der Waals surface area contributed by atoms with Crippen molar-refractivity contribution in [3.63, 3.8) is 0 Å². The van der Waals surface area contributed by atoms with Crippen LogP contribution in [0.15, 0.2) is 18.2 Å². The fourth-order valence-corrected chi connectivity index (χ4v) is 1.88. The molecule has 0 atom stereocenters. The summed E-state index contributed by atoms with van der Waals surface area (Å²) in [5.74, 6) is 0.200. The Balaban J connectivity index is 1.93. The third-order valence-corrected chi connectivity index (χ3v) is 3.21. The highest BCUT2D eigenvalue weighted by Gasteiger charge is 2.33. The Kier molecular flexibility index (Phi) is 3.89. The van der Waals surface area contributed by atoms with Gasteiger partial charge in [0.15, 0.2) is 0 Å². The van der Waals surface area contributed by atoms with Crippen molar-refractivity contribution >= 4 is 5.69 Å². The van der Waals surface area contributed by atoms with Gasteiger partial charge >= 0.3 is 6.18 Å². The van der Waals surface area contributed by atoms with Crippen LogP contribution in [-0.4, -0.2) is 31.1 Å². The van der Waals surface area contributed by atoms with E-state index in [0.29, 0.717) is 19.2 Å². The van der Waals surface area contributed by atoms with Gasteiger partial charge in [0.05, 0.1) is 5.56 Å². The molecule has 1 aromatic carbocycles. The molecule has 19 heavy (non-hydrogen) atoms. The number of benzene rings is 1. The zero-order chi connectivity index (χ0) is 14.0. The number of ether oxygens (including phenoxy) is 1. The molecule has 0 aromatic heterocycles. The predicted molar refractivity (Wildman–Crippen MR) is 67.0 cm³/mol. The third kappa shape index (κ3) is 3.76. The molecule has 0 aliphatic heterocycles. The van der Waals surface area contributed by atoms with Crippen LogP contribution in [0.5, 0.6) is 5.75 Å². The number of rotatable bonds is 5. The average molecular weight is 274 g/mol. The fourth-order valence-electron chi connectivity index (χ4n) is 1.88. The van der Waals surface area contributed by atoms with E-state index in [9.17, 15) is 13.2 Å². The molecule has 1 fully saturated rings. The van der Waals surface area contributed by atoms with Crippen LogP contribution in [0.25, 0.3) is 0 Å². The SMILES string of the molecule is CN(CCOc1ccc(N)c(C(F)(F)F)c1)C1CC1.